The van der Waals surface area contributed by atoms with Gasteiger partial charge < -0.3 is 4.90 Å². The van der Waals surface area contributed by atoms with Crippen LogP contribution in [0.2, 0.25) is 5.02 Å². The zero-order valence-corrected chi connectivity index (χ0v) is 12.2. The maximum Gasteiger partial charge on any atom is 0.255 e. The Morgan fingerprint density at radius 1 is 1.53 bits per heavy atom. The molecule has 5 heteroatoms. The van der Waals surface area contributed by atoms with E-state index in [2.05, 4.69) is 15.9 Å². The summed E-state index contributed by atoms with van der Waals surface area (Å²) in [5, 5.41) is 0.568. The Kier molecular flexibility index (Phi) is 4.34. The van der Waals surface area contributed by atoms with Crippen molar-refractivity contribution < 1.29 is 4.79 Å². The zero-order valence-electron chi connectivity index (χ0n) is 9.13. The summed E-state index contributed by atoms with van der Waals surface area (Å²) in [6.07, 6.45) is 1.99. The Hall–Kier alpha value is -0.250. The van der Waals surface area contributed by atoms with Gasteiger partial charge in [-0.2, -0.15) is 0 Å². The molecule has 0 spiro atoms. The lowest BCUT2D eigenvalue weighted by atomic mass is 10.2. The molecule has 0 bridgehead atoms. The second-order valence-electron chi connectivity index (χ2n) is 4.07. The number of halogens is 3. The summed E-state index contributed by atoms with van der Waals surface area (Å²) >= 11 is 15.2. The molecule has 1 atom stereocenters. The van der Waals surface area contributed by atoms with Gasteiger partial charge in [-0.05, 0) is 47.0 Å². The Bertz CT molecular complexity index is 439. The lowest BCUT2D eigenvalue weighted by Crippen LogP contribution is -2.36. The van der Waals surface area contributed by atoms with Crippen molar-refractivity contribution in [3.8, 4) is 0 Å². The first-order valence-electron chi connectivity index (χ1n) is 5.45. The van der Waals surface area contributed by atoms with E-state index in [0.717, 1.165) is 23.9 Å². The molecule has 1 unspecified atom stereocenters. The number of hydrogen-bond donors (Lipinski definition) is 0. The molecule has 2 rings (SSSR count). The van der Waals surface area contributed by atoms with Crippen LogP contribution in [-0.2, 0) is 0 Å². The minimum absolute atomic E-state index is 0.00234. The summed E-state index contributed by atoms with van der Waals surface area (Å²) in [6.45, 7) is 0.773. The van der Waals surface area contributed by atoms with E-state index >= 15 is 0 Å². The van der Waals surface area contributed by atoms with Gasteiger partial charge in [-0.25, -0.2) is 0 Å². The fourth-order valence-electron chi connectivity index (χ4n) is 2.08. The van der Waals surface area contributed by atoms with Gasteiger partial charge in [0.2, 0.25) is 0 Å². The molecule has 0 aromatic heterocycles. The molecule has 0 N–H and O–H groups in total. The van der Waals surface area contributed by atoms with Gasteiger partial charge in [-0.1, -0.05) is 11.6 Å². The summed E-state index contributed by atoms with van der Waals surface area (Å²) in [5.74, 6) is 0.492. The van der Waals surface area contributed by atoms with Crippen molar-refractivity contribution in [3.05, 3.63) is 33.3 Å². The van der Waals surface area contributed by atoms with Crippen molar-refractivity contribution in [1.29, 1.82) is 0 Å². The number of nitrogens with zero attached hydrogens (tertiary/aromatic N) is 1. The Balaban J connectivity index is 2.27. The fraction of sp³-hybridized carbons (Fsp3) is 0.417. The molecule has 1 saturated heterocycles. The standard InChI is InChI=1S/C12H12BrCl2NO/c13-11-4-3-8(15)6-10(11)12(17)16-5-1-2-9(16)7-14/h3-4,6,9H,1-2,5,7H2. The Morgan fingerprint density at radius 3 is 3.00 bits per heavy atom. The number of carbonyl (C=O) groups is 1. The first-order valence-corrected chi connectivity index (χ1v) is 7.16. The summed E-state index contributed by atoms with van der Waals surface area (Å²) < 4.78 is 0.770. The summed E-state index contributed by atoms with van der Waals surface area (Å²) in [6, 6.07) is 5.39. The van der Waals surface area contributed by atoms with Crippen molar-refractivity contribution in [2.75, 3.05) is 12.4 Å². The van der Waals surface area contributed by atoms with Crippen LogP contribution in [0.15, 0.2) is 22.7 Å². The van der Waals surface area contributed by atoms with Crippen LogP contribution in [0.1, 0.15) is 23.2 Å². The van der Waals surface area contributed by atoms with Crippen molar-refractivity contribution in [2.24, 2.45) is 0 Å². The molecular formula is C12H12BrCl2NO. The number of likely N-dealkylation sites (tertiary alicyclic amines) is 1. The Labute approximate surface area is 119 Å². The Morgan fingerprint density at radius 2 is 2.29 bits per heavy atom. The van der Waals surface area contributed by atoms with Crippen molar-refractivity contribution >= 4 is 45.0 Å². The number of rotatable bonds is 2. The van der Waals surface area contributed by atoms with Gasteiger partial charge >= 0.3 is 0 Å². The van der Waals surface area contributed by atoms with Gasteiger partial charge in [-0.15, -0.1) is 11.6 Å². The van der Waals surface area contributed by atoms with E-state index in [1.54, 1.807) is 18.2 Å². The topological polar surface area (TPSA) is 20.3 Å². The number of amides is 1. The normalized spacial score (nSPS) is 19.7. The molecule has 92 valence electrons. The van der Waals surface area contributed by atoms with E-state index in [-0.39, 0.29) is 11.9 Å². The number of carbonyl (C=O) groups excluding carboxylic acids is 1. The van der Waals surface area contributed by atoms with Crippen LogP contribution in [-0.4, -0.2) is 29.3 Å². The summed E-state index contributed by atoms with van der Waals surface area (Å²) in [5.41, 5.74) is 0.606. The average molecular weight is 337 g/mol. The SMILES string of the molecule is O=C(c1cc(Cl)ccc1Br)N1CCCC1CCl. The number of benzene rings is 1. The second-order valence-corrected chi connectivity index (χ2v) is 5.67. The van der Waals surface area contributed by atoms with Crippen molar-refractivity contribution in [1.82, 2.24) is 4.90 Å². The monoisotopic (exact) mass is 335 g/mol. The first kappa shape index (κ1) is 13.2. The molecule has 1 aliphatic heterocycles. The van der Waals surface area contributed by atoms with Gasteiger partial charge in [-0.3, -0.25) is 4.79 Å². The van der Waals surface area contributed by atoms with E-state index in [1.807, 2.05) is 4.90 Å². The highest BCUT2D eigenvalue weighted by Crippen LogP contribution is 2.26. The molecule has 2 nitrogen and oxygen atoms in total. The van der Waals surface area contributed by atoms with Crippen LogP contribution >= 0.6 is 39.1 Å². The van der Waals surface area contributed by atoms with Gasteiger partial charge in [0, 0.05) is 28.0 Å². The third kappa shape index (κ3) is 2.78. The lowest BCUT2D eigenvalue weighted by molar-refractivity contribution is 0.0748. The largest absolute Gasteiger partial charge is 0.334 e. The highest BCUT2D eigenvalue weighted by molar-refractivity contribution is 9.10. The molecule has 1 aromatic rings. The van der Waals surface area contributed by atoms with Crippen molar-refractivity contribution in [3.63, 3.8) is 0 Å². The molecule has 0 radical (unpaired) electrons. The van der Waals surface area contributed by atoms with E-state index < -0.39 is 0 Å². The molecule has 1 aliphatic rings. The van der Waals surface area contributed by atoms with Crippen LogP contribution in [0.5, 0.6) is 0 Å². The quantitative estimate of drug-likeness (QED) is 0.749. The van der Waals surface area contributed by atoms with Crippen LogP contribution in [0, 0.1) is 0 Å². The number of hydrogen-bond acceptors (Lipinski definition) is 1. The van der Waals surface area contributed by atoms with E-state index in [4.69, 9.17) is 23.2 Å². The summed E-state index contributed by atoms with van der Waals surface area (Å²) in [4.78, 5) is 14.2. The van der Waals surface area contributed by atoms with Gasteiger partial charge in [0.05, 0.1) is 5.56 Å². The minimum atomic E-state index is 0.00234. The van der Waals surface area contributed by atoms with Gasteiger partial charge in [0.15, 0.2) is 0 Å². The van der Waals surface area contributed by atoms with E-state index in [0.29, 0.717) is 16.5 Å². The molecule has 0 saturated carbocycles. The summed E-state index contributed by atoms with van der Waals surface area (Å²) in [7, 11) is 0. The molecule has 17 heavy (non-hydrogen) atoms. The van der Waals surface area contributed by atoms with Gasteiger partial charge in [0.25, 0.3) is 5.91 Å². The number of alkyl halides is 1. The maximum absolute atomic E-state index is 12.4. The van der Waals surface area contributed by atoms with Gasteiger partial charge in [0.1, 0.15) is 0 Å². The minimum Gasteiger partial charge on any atom is -0.334 e. The van der Waals surface area contributed by atoms with Crippen LogP contribution in [0.25, 0.3) is 0 Å². The van der Waals surface area contributed by atoms with Crippen molar-refractivity contribution in [2.45, 2.75) is 18.9 Å². The third-order valence-electron chi connectivity index (χ3n) is 2.97. The highest BCUT2D eigenvalue weighted by atomic mass is 79.9. The van der Waals surface area contributed by atoms with E-state index in [9.17, 15) is 4.79 Å². The first-order chi connectivity index (χ1) is 8.13. The molecule has 1 amide bonds. The predicted octanol–water partition coefficient (Wildman–Crippen LogP) is 3.95. The smallest absolute Gasteiger partial charge is 0.255 e. The second kappa shape index (κ2) is 5.59. The predicted molar refractivity (Wildman–Crippen MR) is 73.9 cm³/mol. The van der Waals surface area contributed by atoms with E-state index in [1.165, 1.54) is 0 Å². The van der Waals surface area contributed by atoms with Crippen LogP contribution < -0.4 is 0 Å². The molecule has 1 heterocycles. The molecular weight excluding hydrogens is 325 g/mol. The molecule has 0 aliphatic carbocycles. The zero-order chi connectivity index (χ0) is 12.4. The fourth-order valence-corrected chi connectivity index (χ4v) is 2.99. The maximum atomic E-state index is 12.4. The third-order valence-corrected chi connectivity index (χ3v) is 4.26. The van der Waals surface area contributed by atoms with Crippen LogP contribution in [0.3, 0.4) is 0 Å². The lowest BCUT2D eigenvalue weighted by Gasteiger charge is -2.23. The van der Waals surface area contributed by atoms with Crippen LogP contribution in [0.4, 0.5) is 0 Å². The highest BCUT2D eigenvalue weighted by Gasteiger charge is 2.29. The molecule has 1 aromatic carbocycles. The molecule has 1 fully saturated rings. The average Bonchev–Trinajstić information content (AvgIpc) is 2.79.